The number of likely N-dealkylation sites (tertiary alicyclic amines) is 2. The van der Waals surface area contributed by atoms with Crippen molar-refractivity contribution >= 4 is 39.5 Å². The van der Waals surface area contributed by atoms with Crippen LogP contribution in [-0.4, -0.2) is 109 Å². The van der Waals surface area contributed by atoms with Crippen LogP contribution in [-0.2, 0) is 34.2 Å². The Hall–Kier alpha value is -2.64. The predicted octanol–water partition coefficient (Wildman–Crippen LogP) is 5.95. The van der Waals surface area contributed by atoms with Gasteiger partial charge in [-0.05, 0) is 106 Å². The molecule has 4 saturated carbocycles. The third-order valence-electron chi connectivity index (χ3n) is 17.6. The molecular formula is C46H76N5O7S+. The fraction of sp³-hybridized carbons (Fsp3) is 0.848. The third-order valence-corrected chi connectivity index (χ3v) is 19.7. The summed E-state index contributed by atoms with van der Waals surface area (Å²) in [7, 11) is -2.55. The topological polar surface area (TPSA) is 150 Å². The molecule has 2 aliphatic heterocycles. The van der Waals surface area contributed by atoms with E-state index in [0.29, 0.717) is 19.4 Å². The average Bonchev–Trinajstić information content (AvgIpc) is 3.69. The van der Waals surface area contributed by atoms with E-state index in [1.165, 1.54) is 0 Å². The molecular weight excluding hydrogens is 767 g/mol. The Bertz CT molecular complexity index is 1790. The zero-order chi connectivity index (χ0) is 43.6. The number of quaternary nitrogens is 1. The van der Waals surface area contributed by atoms with E-state index in [1.807, 2.05) is 20.8 Å². The number of hydrogen-bond acceptors (Lipinski definition) is 8. The predicted molar refractivity (Wildman–Crippen MR) is 229 cm³/mol. The molecule has 2 spiro atoms. The van der Waals surface area contributed by atoms with Gasteiger partial charge in [-0.3, -0.25) is 28.9 Å². The fourth-order valence-corrected chi connectivity index (χ4v) is 13.9. The monoisotopic (exact) mass is 843 g/mol. The molecule has 6 aliphatic rings. The molecule has 12 nitrogen and oxygen atoms in total. The second-order valence-electron chi connectivity index (χ2n) is 21.3. The van der Waals surface area contributed by atoms with Crippen LogP contribution in [0.25, 0.3) is 0 Å². The van der Waals surface area contributed by atoms with Crippen molar-refractivity contribution in [3.8, 4) is 0 Å². The molecule has 332 valence electrons. The zero-order valence-electron chi connectivity index (χ0n) is 37.8. The molecule has 0 aromatic carbocycles. The first-order valence-electron chi connectivity index (χ1n) is 23.0. The highest BCUT2D eigenvalue weighted by Crippen LogP contribution is 2.88. The molecule has 0 aromatic heterocycles. The van der Waals surface area contributed by atoms with Gasteiger partial charge in [0.2, 0.25) is 17.7 Å². The van der Waals surface area contributed by atoms with Gasteiger partial charge in [0.05, 0.1) is 43.7 Å². The molecule has 2 saturated heterocycles. The van der Waals surface area contributed by atoms with Gasteiger partial charge in [0.1, 0.15) is 0 Å². The highest BCUT2D eigenvalue weighted by Gasteiger charge is 2.85. The summed E-state index contributed by atoms with van der Waals surface area (Å²) in [4.78, 5) is 76.8. The molecule has 0 radical (unpaired) electrons. The molecule has 2 heterocycles. The number of fused-ring (bicyclic) bond motifs is 1. The van der Waals surface area contributed by atoms with Gasteiger partial charge in [-0.2, -0.15) is 8.42 Å². The van der Waals surface area contributed by atoms with Crippen molar-refractivity contribution in [2.24, 2.45) is 44.8 Å². The Labute approximate surface area is 355 Å². The molecule has 6 rings (SSSR count). The molecule has 6 fully saturated rings. The summed E-state index contributed by atoms with van der Waals surface area (Å²) < 4.78 is 29.1. The van der Waals surface area contributed by atoms with Gasteiger partial charge in [0.15, 0.2) is 11.6 Å². The van der Waals surface area contributed by atoms with Gasteiger partial charge in [-0.1, -0.05) is 73.3 Å². The first kappa shape index (κ1) is 45.9. The van der Waals surface area contributed by atoms with Gasteiger partial charge in [-0.25, -0.2) is 8.61 Å². The van der Waals surface area contributed by atoms with Gasteiger partial charge >= 0.3 is 10.2 Å². The van der Waals surface area contributed by atoms with Crippen molar-refractivity contribution in [1.82, 2.24) is 19.8 Å². The molecule has 13 heteroatoms. The second-order valence-corrected chi connectivity index (χ2v) is 23.3. The summed E-state index contributed by atoms with van der Waals surface area (Å²) in [6.07, 6.45) is 11.9. The van der Waals surface area contributed by atoms with E-state index in [2.05, 4.69) is 42.3 Å². The summed E-state index contributed by atoms with van der Waals surface area (Å²) in [5.74, 6) is -2.49. The van der Waals surface area contributed by atoms with Gasteiger partial charge in [0, 0.05) is 30.7 Å². The minimum absolute atomic E-state index is 0.0105. The number of hydrogen-bond donors (Lipinski definition) is 2. The fourth-order valence-electron chi connectivity index (χ4n) is 12.6. The molecule has 59 heavy (non-hydrogen) atoms. The lowest BCUT2D eigenvalue weighted by atomic mass is 9.73. The standard InChI is InChI=1S/C46H75N5O7S/c1-11-32-27-44(32,41(56)48-59(57,58)51(10,13-3)14-4)29-37(53)35-28-46(43(8,9)45(46)23-19-24-45)30-50(35)40(55)33(42(5,6)7)26-36(52)38(31-20-16-15-17-21-31)47-39(54)34-22-18-25-49(34)12-2/h11,31-35,38H,1,12-30H2,2-10H3,(H-,47,48,54,56)/p+1/t32-,33-,34+,35+,38?,44-,46-/m1/s1. The van der Waals surface area contributed by atoms with Gasteiger partial charge < -0.3 is 10.2 Å². The van der Waals surface area contributed by atoms with E-state index in [-0.39, 0.29) is 87.3 Å². The Morgan fingerprint density at radius 2 is 1.54 bits per heavy atom. The van der Waals surface area contributed by atoms with Crippen molar-refractivity contribution in [3.63, 3.8) is 0 Å². The van der Waals surface area contributed by atoms with Crippen LogP contribution in [0.4, 0.5) is 0 Å². The average molecular weight is 843 g/mol. The zero-order valence-corrected chi connectivity index (χ0v) is 38.6. The number of carbonyl (C=O) groups excluding carboxylic acids is 5. The Kier molecular flexibility index (Phi) is 12.6. The normalized spacial score (nSPS) is 31.3. The minimum atomic E-state index is -4.11. The van der Waals surface area contributed by atoms with Crippen molar-refractivity contribution in [2.75, 3.05) is 39.8 Å². The number of amides is 3. The highest BCUT2D eigenvalue weighted by atomic mass is 32.2. The SMILES string of the molecule is C=C[C@@H]1C[C@]1(CC(=O)[C@@H]1C[C@@]2(CN1C(=O)[C@@H](CC(=O)C(NC(=O)[C@@H]1CCCN1CC)C1CCCCC1)C(C)(C)C)C(C)(C)C21CCC1)C(=O)NS(=O)(=O)[N+](C)(CC)CC. The van der Waals surface area contributed by atoms with Crippen LogP contribution in [0.1, 0.15) is 145 Å². The Morgan fingerprint density at radius 1 is 0.898 bits per heavy atom. The Balaban J connectivity index is 1.29. The largest absolute Gasteiger partial charge is 0.396 e. The number of likely N-dealkylation sites (N-methyl/N-ethyl adjacent to an activating group) is 1. The summed E-state index contributed by atoms with van der Waals surface area (Å²) in [5, 5.41) is 3.23. The van der Waals surface area contributed by atoms with E-state index < -0.39 is 44.9 Å². The van der Waals surface area contributed by atoms with E-state index in [0.717, 1.165) is 77.3 Å². The number of Topliss-reactive ketones (excluding diaryl/α,β-unsaturated/α-hetero) is 2. The Morgan fingerprint density at radius 3 is 2.05 bits per heavy atom. The number of allylic oxidation sites excluding steroid dienone is 1. The summed E-state index contributed by atoms with van der Waals surface area (Å²) >= 11 is 0. The van der Waals surface area contributed by atoms with E-state index >= 15 is 4.79 Å². The lowest BCUT2D eigenvalue weighted by Crippen LogP contribution is -2.57. The van der Waals surface area contributed by atoms with Crippen LogP contribution in [0.15, 0.2) is 12.7 Å². The molecule has 0 aromatic rings. The van der Waals surface area contributed by atoms with Crippen molar-refractivity contribution < 1.29 is 36.3 Å². The van der Waals surface area contributed by atoms with Gasteiger partial charge in [0.25, 0.3) is 0 Å². The smallest absolute Gasteiger partial charge is 0.345 e. The summed E-state index contributed by atoms with van der Waals surface area (Å²) in [6, 6.07) is -1.74. The van der Waals surface area contributed by atoms with Crippen LogP contribution in [0.2, 0.25) is 0 Å². The van der Waals surface area contributed by atoms with Crippen molar-refractivity contribution in [1.29, 1.82) is 0 Å². The van der Waals surface area contributed by atoms with E-state index in [1.54, 1.807) is 31.9 Å². The van der Waals surface area contributed by atoms with Crippen LogP contribution in [0, 0.1) is 44.8 Å². The number of carbonyl (C=O) groups is 5. The number of nitrogens with one attached hydrogen (secondary N) is 2. The summed E-state index contributed by atoms with van der Waals surface area (Å²) in [6.45, 7) is 22.5. The highest BCUT2D eigenvalue weighted by molar-refractivity contribution is 7.84. The number of rotatable bonds is 17. The van der Waals surface area contributed by atoms with Crippen molar-refractivity contribution in [3.05, 3.63) is 12.7 Å². The first-order chi connectivity index (χ1) is 27.6. The van der Waals surface area contributed by atoms with Crippen LogP contribution >= 0.6 is 0 Å². The molecule has 1 unspecified atom stereocenters. The van der Waals surface area contributed by atoms with Crippen LogP contribution in [0.3, 0.4) is 0 Å². The van der Waals surface area contributed by atoms with Crippen molar-refractivity contribution in [2.45, 2.75) is 163 Å². The van der Waals surface area contributed by atoms with E-state index in [4.69, 9.17) is 0 Å². The molecule has 3 amide bonds. The number of nitrogens with zero attached hydrogens (tertiary/aromatic N) is 3. The molecule has 4 aliphatic carbocycles. The maximum atomic E-state index is 15.3. The van der Waals surface area contributed by atoms with Crippen LogP contribution < -0.4 is 10.0 Å². The summed E-state index contributed by atoms with van der Waals surface area (Å²) in [5.41, 5.74) is -2.26. The molecule has 0 bridgehead atoms. The molecule has 2 N–H and O–H groups in total. The number of ketones is 2. The maximum absolute atomic E-state index is 15.3. The lowest BCUT2D eigenvalue weighted by Gasteiger charge is -2.37. The quantitative estimate of drug-likeness (QED) is 0.135. The van der Waals surface area contributed by atoms with Crippen LogP contribution in [0.5, 0.6) is 0 Å². The van der Waals surface area contributed by atoms with E-state index in [9.17, 15) is 27.6 Å². The lowest BCUT2D eigenvalue weighted by molar-refractivity contribution is -0.781. The molecule has 7 atom stereocenters. The first-order valence-corrected chi connectivity index (χ1v) is 24.4. The third kappa shape index (κ3) is 7.56. The second kappa shape index (κ2) is 16.2. The minimum Gasteiger partial charge on any atom is -0.345 e. The maximum Gasteiger partial charge on any atom is 0.396 e. The van der Waals surface area contributed by atoms with Gasteiger partial charge in [-0.15, -0.1) is 6.58 Å².